The number of halogens is 1. The summed E-state index contributed by atoms with van der Waals surface area (Å²) in [5, 5.41) is 11.5. The number of hydrogen-bond donors (Lipinski definition) is 1. The molecule has 0 spiro atoms. The van der Waals surface area contributed by atoms with Crippen molar-refractivity contribution in [1.29, 1.82) is 5.26 Å². The van der Waals surface area contributed by atoms with Gasteiger partial charge in [0.2, 0.25) is 5.91 Å². The van der Waals surface area contributed by atoms with Crippen LogP contribution in [0.4, 0.5) is 10.1 Å². The lowest BCUT2D eigenvalue weighted by Crippen LogP contribution is -2.19. The van der Waals surface area contributed by atoms with Gasteiger partial charge in [-0.3, -0.25) is 4.79 Å². The number of carbonyl (C=O) groups is 1. The van der Waals surface area contributed by atoms with Gasteiger partial charge in [-0.15, -0.1) is 0 Å². The minimum absolute atomic E-state index is 0.152. The van der Waals surface area contributed by atoms with Crippen molar-refractivity contribution in [3.05, 3.63) is 65.5 Å². The number of rotatable bonds is 3. The first kappa shape index (κ1) is 13.8. The smallest absolute Gasteiger partial charge is 0.231 e. The Morgan fingerprint density at radius 1 is 1.20 bits per heavy atom. The van der Waals surface area contributed by atoms with Crippen LogP contribution in [0.3, 0.4) is 0 Å². The van der Waals surface area contributed by atoms with E-state index >= 15 is 0 Å². The average molecular weight is 268 g/mol. The van der Waals surface area contributed by atoms with Gasteiger partial charge in [0, 0.05) is 0 Å². The minimum atomic E-state index is -0.641. The zero-order valence-electron chi connectivity index (χ0n) is 10.9. The highest BCUT2D eigenvalue weighted by atomic mass is 19.1. The van der Waals surface area contributed by atoms with E-state index < -0.39 is 5.82 Å². The fraction of sp³-hybridized carbons (Fsp3) is 0.125. The summed E-state index contributed by atoms with van der Waals surface area (Å²) in [4.78, 5) is 12.1. The van der Waals surface area contributed by atoms with Crippen molar-refractivity contribution >= 4 is 11.6 Å². The lowest BCUT2D eigenvalue weighted by Gasteiger charge is -2.13. The molecule has 3 nitrogen and oxygen atoms in total. The summed E-state index contributed by atoms with van der Waals surface area (Å²) in [7, 11) is 0. The molecule has 1 amide bonds. The molecule has 4 heteroatoms. The monoisotopic (exact) mass is 268 g/mol. The van der Waals surface area contributed by atoms with Gasteiger partial charge in [-0.1, -0.05) is 36.4 Å². The first-order chi connectivity index (χ1) is 9.63. The molecule has 2 rings (SSSR count). The maximum Gasteiger partial charge on any atom is 0.231 e. The second-order valence-electron chi connectivity index (χ2n) is 4.40. The number of nitrogens with one attached hydrogen (secondary N) is 1. The Bertz CT molecular complexity index is 662. The highest BCUT2D eigenvalue weighted by Gasteiger charge is 2.17. The number of amides is 1. The maximum absolute atomic E-state index is 13.5. The lowest BCUT2D eigenvalue weighted by atomic mass is 10.0. The van der Waals surface area contributed by atoms with E-state index in [9.17, 15) is 9.18 Å². The normalized spacial score (nSPS) is 11.4. The highest BCUT2D eigenvalue weighted by Crippen LogP contribution is 2.21. The molecule has 0 saturated carbocycles. The molecule has 0 aromatic heterocycles. The Hall–Kier alpha value is -2.67. The van der Waals surface area contributed by atoms with Gasteiger partial charge in [-0.2, -0.15) is 5.26 Å². The van der Waals surface area contributed by atoms with Gasteiger partial charge in [0.1, 0.15) is 17.4 Å². The predicted molar refractivity (Wildman–Crippen MR) is 74.6 cm³/mol. The standard InChI is InChI=1S/C16H13FN2O/c1-11(12-6-3-2-4-7-12)16(20)19-15-9-5-8-14(17)13(15)10-18/h2-9,11H,1H3,(H,19,20). The Morgan fingerprint density at radius 2 is 1.90 bits per heavy atom. The van der Waals surface area contributed by atoms with E-state index in [2.05, 4.69) is 5.32 Å². The van der Waals surface area contributed by atoms with E-state index in [-0.39, 0.29) is 23.1 Å². The van der Waals surface area contributed by atoms with E-state index in [0.29, 0.717) is 0 Å². The van der Waals surface area contributed by atoms with E-state index in [1.165, 1.54) is 18.2 Å². The molecule has 100 valence electrons. The average Bonchev–Trinajstić information content (AvgIpc) is 2.47. The number of nitriles is 1. The number of carbonyl (C=O) groups excluding carboxylic acids is 1. The van der Waals surface area contributed by atoms with Gasteiger partial charge in [0.25, 0.3) is 0 Å². The van der Waals surface area contributed by atoms with Crippen molar-refractivity contribution in [2.24, 2.45) is 0 Å². The molecule has 2 aromatic carbocycles. The third kappa shape index (κ3) is 2.83. The SMILES string of the molecule is CC(C(=O)Nc1cccc(F)c1C#N)c1ccccc1. The quantitative estimate of drug-likeness (QED) is 0.927. The molecular weight excluding hydrogens is 255 g/mol. The van der Waals surface area contributed by atoms with Gasteiger partial charge in [0.15, 0.2) is 0 Å². The summed E-state index contributed by atoms with van der Waals surface area (Å²) in [6, 6.07) is 15.2. The summed E-state index contributed by atoms with van der Waals surface area (Å²) in [5.74, 6) is -1.30. The van der Waals surface area contributed by atoms with Crippen LogP contribution >= 0.6 is 0 Å². The van der Waals surface area contributed by atoms with Crippen LogP contribution in [0.25, 0.3) is 0 Å². The molecule has 0 radical (unpaired) electrons. The molecule has 0 aliphatic carbocycles. The van der Waals surface area contributed by atoms with Crippen LogP contribution in [0.15, 0.2) is 48.5 Å². The topological polar surface area (TPSA) is 52.9 Å². The molecule has 2 aromatic rings. The van der Waals surface area contributed by atoms with Crippen LogP contribution in [0.1, 0.15) is 24.0 Å². The molecule has 1 atom stereocenters. The Balaban J connectivity index is 2.21. The number of benzene rings is 2. The van der Waals surface area contributed by atoms with Crippen molar-refractivity contribution in [3.63, 3.8) is 0 Å². The summed E-state index contributed by atoms with van der Waals surface area (Å²) in [6.45, 7) is 1.76. The van der Waals surface area contributed by atoms with Crippen molar-refractivity contribution in [1.82, 2.24) is 0 Å². The predicted octanol–water partition coefficient (Wildman–Crippen LogP) is 3.44. The van der Waals surface area contributed by atoms with Crippen LogP contribution in [-0.4, -0.2) is 5.91 Å². The minimum Gasteiger partial charge on any atom is -0.324 e. The molecule has 0 bridgehead atoms. The number of hydrogen-bond acceptors (Lipinski definition) is 2. The van der Waals surface area contributed by atoms with Gasteiger partial charge in [-0.05, 0) is 24.6 Å². The van der Waals surface area contributed by atoms with Gasteiger partial charge >= 0.3 is 0 Å². The summed E-state index contributed by atoms with van der Waals surface area (Å²) >= 11 is 0. The van der Waals surface area contributed by atoms with E-state index in [1.807, 2.05) is 30.3 Å². The van der Waals surface area contributed by atoms with Crippen molar-refractivity contribution < 1.29 is 9.18 Å². The number of nitrogens with zero attached hydrogens (tertiary/aromatic N) is 1. The molecule has 0 fully saturated rings. The van der Waals surface area contributed by atoms with Crippen molar-refractivity contribution in [2.45, 2.75) is 12.8 Å². The zero-order chi connectivity index (χ0) is 14.5. The Morgan fingerprint density at radius 3 is 2.55 bits per heavy atom. The molecule has 20 heavy (non-hydrogen) atoms. The Kier molecular flexibility index (Phi) is 4.11. The van der Waals surface area contributed by atoms with Crippen LogP contribution in [0.2, 0.25) is 0 Å². The maximum atomic E-state index is 13.5. The van der Waals surface area contributed by atoms with E-state index in [1.54, 1.807) is 13.0 Å². The first-order valence-electron chi connectivity index (χ1n) is 6.18. The molecule has 1 N–H and O–H groups in total. The van der Waals surface area contributed by atoms with Crippen molar-refractivity contribution in [2.75, 3.05) is 5.32 Å². The second-order valence-corrected chi connectivity index (χ2v) is 4.40. The lowest BCUT2D eigenvalue weighted by molar-refractivity contribution is -0.117. The Labute approximate surface area is 116 Å². The van der Waals surface area contributed by atoms with Crippen molar-refractivity contribution in [3.8, 4) is 6.07 Å². The molecule has 0 aliphatic rings. The fourth-order valence-electron chi connectivity index (χ4n) is 1.88. The van der Waals surface area contributed by atoms with Crippen LogP contribution in [0, 0.1) is 17.1 Å². The molecule has 0 aliphatic heterocycles. The first-order valence-corrected chi connectivity index (χ1v) is 6.18. The molecule has 1 unspecified atom stereocenters. The van der Waals surface area contributed by atoms with E-state index in [4.69, 9.17) is 5.26 Å². The molecule has 0 heterocycles. The molecular formula is C16H13FN2O. The highest BCUT2D eigenvalue weighted by molar-refractivity contribution is 5.96. The third-order valence-electron chi connectivity index (χ3n) is 3.08. The molecule has 0 saturated heterocycles. The zero-order valence-corrected chi connectivity index (χ0v) is 10.9. The summed E-state index contributed by atoms with van der Waals surface area (Å²) in [5.41, 5.74) is 0.904. The van der Waals surface area contributed by atoms with Gasteiger partial charge < -0.3 is 5.32 Å². The van der Waals surface area contributed by atoms with Gasteiger partial charge in [0.05, 0.1) is 11.6 Å². The fourth-order valence-corrected chi connectivity index (χ4v) is 1.88. The third-order valence-corrected chi connectivity index (χ3v) is 3.08. The van der Waals surface area contributed by atoms with Crippen LogP contribution in [-0.2, 0) is 4.79 Å². The van der Waals surface area contributed by atoms with Gasteiger partial charge in [-0.25, -0.2) is 4.39 Å². The summed E-state index contributed by atoms with van der Waals surface area (Å²) in [6.07, 6.45) is 0. The van der Waals surface area contributed by atoms with Crippen LogP contribution < -0.4 is 5.32 Å². The largest absolute Gasteiger partial charge is 0.324 e. The second kappa shape index (κ2) is 5.98. The summed E-state index contributed by atoms with van der Waals surface area (Å²) < 4.78 is 13.5. The van der Waals surface area contributed by atoms with E-state index in [0.717, 1.165) is 5.56 Å². The number of anilines is 1. The van der Waals surface area contributed by atoms with Crippen LogP contribution in [0.5, 0.6) is 0 Å².